The number of nitrogen functional groups attached to an aromatic ring is 1. The summed E-state index contributed by atoms with van der Waals surface area (Å²) in [6, 6.07) is 1.79. The third-order valence-corrected chi connectivity index (χ3v) is 3.45. The molecule has 1 heterocycles. The van der Waals surface area contributed by atoms with Gasteiger partial charge in [-0.25, -0.2) is 13.8 Å². The number of thiazole rings is 1. The maximum atomic E-state index is 13.3. The Morgan fingerprint density at radius 2 is 1.95 bits per heavy atom. The molecule has 0 aliphatic heterocycles. The molecular weight excluding hydrogens is 284 g/mol. The summed E-state index contributed by atoms with van der Waals surface area (Å²) in [7, 11) is 0. The van der Waals surface area contributed by atoms with Crippen LogP contribution in [0.2, 0.25) is 0 Å². The van der Waals surface area contributed by atoms with E-state index in [1.165, 1.54) is 11.3 Å². The van der Waals surface area contributed by atoms with Gasteiger partial charge in [0.25, 0.3) is 5.91 Å². The number of amides is 1. The summed E-state index contributed by atoms with van der Waals surface area (Å²) in [6.07, 6.45) is 0. The van der Waals surface area contributed by atoms with Gasteiger partial charge >= 0.3 is 0 Å². The second-order valence-corrected chi connectivity index (χ2v) is 5.40. The molecule has 2 rings (SSSR count). The van der Waals surface area contributed by atoms with E-state index < -0.39 is 23.2 Å². The standard InChI is InChI=1S/C13H13F2N3OS/c1-6(2)10-5-20-13(17-10)18-12(19)7-3-8(14)11(16)9(15)4-7/h3-6H,16H2,1-2H3,(H,17,18,19). The number of benzene rings is 1. The van der Waals surface area contributed by atoms with Crippen molar-refractivity contribution in [3.8, 4) is 0 Å². The molecule has 0 saturated heterocycles. The zero-order valence-corrected chi connectivity index (χ0v) is 11.7. The highest BCUT2D eigenvalue weighted by Gasteiger charge is 2.15. The van der Waals surface area contributed by atoms with E-state index in [4.69, 9.17) is 5.73 Å². The van der Waals surface area contributed by atoms with Crippen molar-refractivity contribution in [1.29, 1.82) is 0 Å². The number of nitrogens with two attached hydrogens (primary N) is 1. The number of hydrogen-bond acceptors (Lipinski definition) is 4. The van der Waals surface area contributed by atoms with E-state index in [2.05, 4.69) is 10.3 Å². The predicted octanol–water partition coefficient (Wildman–Crippen LogP) is 3.38. The van der Waals surface area contributed by atoms with Gasteiger partial charge in [0.1, 0.15) is 17.3 Å². The topological polar surface area (TPSA) is 68.0 Å². The monoisotopic (exact) mass is 297 g/mol. The highest BCUT2D eigenvalue weighted by molar-refractivity contribution is 7.14. The Labute approximate surface area is 118 Å². The molecule has 0 atom stereocenters. The van der Waals surface area contributed by atoms with Crippen LogP contribution in [-0.2, 0) is 0 Å². The molecule has 0 radical (unpaired) electrons. The summed E-state index contributed by atoms with van der Waals surface area (Å²) in [5, 5.41) is 4.71. The van der Waals surface area contributed by atoms with Gasteiger partial charge in [0.05, 0.1) is 5.69 Å². The van der Waals surface area contributed by atoms with Gasteiger partial charge < -0.3 is 5.73 Å². The number of aromatic nitrogens is 1. The molecule has 20 heavy (non-hydrogen) atoms. The smallest absolute Gasteiger partial charge is 0.257 e. The number of carbonyl (C=O) groups is 1. The van der Waals surface area contributed by atoms with Gasteiger partial charge in [-0.3, -0.25) is 10.1 Å². The number of nitrogens with zero attached hydrogens (tertiary/aromatic N) is 1. The molecule has 2 aromatic rings. The van der Waals surface area contributed by atoms with Crippen molar-refractivity contribution >= 4 is 28.1 Å². The van der Waals surface area contributed by atoms with E-state index in [-0.39, 0.29) is 11.5 Å². The van der Waals surface area contributed by atoms with Crippen LogP contribution < -0.4 is 11.1 Å². The predicted molar refractivity (Wildman–Crippen MR) is 74.9 cm³/mol. The quantitative estimate of drug-likeness (QED) is 0.853. The van der Waals surface area contributed by atoms with Gasteiger partial charge in [-0.1, -0.05) is 13.8 Å². The minimum Gasteiger partial charge on any atom is -0.394 e. The van der Waals surface area contributed by atoms with E-state index in [0.717, 1.165) is 17.8 Å². The number of carbonyl (C=O) groups excluding carboxylic acids is 1. The van der Waals surface area contributed by atoms with Crippen LogP contribution in [0.3, 0.4) is 0 Å². The van der Waals surface area contributed by atoms with Crippen LogP contribution in [0.4, 0.5) is 19.6 Å². The average molecular weight is 297 g/mol. The van der Waals surface area contributed by atoms with E-state index in [1.807, 2.05) is 19.2 Å². The van der Waals surface area contributed by atoms with Crippen LogP contribution in [0.25, 0.3) is 0 Å². The molecule has 0 saturated carbocycles. The molecule has 0 spiro atoms. The first-order valence-corrected chi connectivity index (χ1v) is 6.77. The number of nitrogens with one attached hydrogen (secondary N) is 1. The molecule has 1 aromatic carbocycles. The largest absolute Gasteiger partial charge is 0.394 e. The molecule has 0 aliphatic carbocycles. The van der Waals surface area contributed by atoms with Crippen molar-refractivity contribution in [2.24, 2.45) is 0 Å². The highest BCUT2D eigenvalue weighted by atomic mass is 32.1. The van der Waals surface area contributed by atoms with Gasteiger partial charge in [0, 0.05) is 10.9 Å². The lowest BCUT2D eigenvalue weighted by molar-refractivity contribution is 0.102. The van der Waals surface area contributed by atoms with Crippen molar-refractivity contribution in [2.75, 3.05) is 11.1 Å². The molecule has 4 nitrogen and oxygen atoms in total. The Morgan fingerprint density at radius 1 is 1.35 bits per heavy atom. The van der Waals surface area contributed by atoms with Crippen LogP contribution in [0.15, 0.2) is 17.5 Å². The maximum Gasteiger partial charge on any atom is 0.257 e. The minimum absolute atomic E-state index is 0.143. The Bertz CT molecular complexity index is 632. The molecule has 0 fully saturated rings. The Balaban J connectivity index is 2.19. The highest BCUT2D eigenvalue weighted by Crippen LogP contribution is 2.23. The third kappa shape index (κ3) is 2.93. The van der Waals surface area contributed by atoms with E-state index >= 15 is 0 Å². The molecule has 1 amide bonds. The zero-order chi connectivity index (χ0) is 14.9. The number of halogens is 2. The molecule has 0 unspecified atom stereocenters. The third-order valence-electron chi connectivity index (χ3n) is 2.68. The van der Waals surface area contributed by atoms with Gasteiger partial charge in [0.15, 0.2) is 5.13 Å². The maximum absolute atomic E-state index is 13.3. The summed E-state index contributed by atoms with van der Waals surface area (Å²) in [6.45, 7) is 3.96. The fraction of sp³-hybridized carbons (Fsp3) is 0.231. The molecule has 3 N–H and O–H groups in total. The molecule has 0 aliphatic rings. The second kappa shape index (κ2) is 5.54. The van der Waals surface area contributed by atoms with Crippen LogP contribution >= 0.6 is 11.3 Å². The van der Waals surface area contributed by atoms with Gasteiger partial charge in [-0.05, 0) is 18.1 Å². The summed E-state index contributed by atoms with van der Waals surface area (Å²) in [4.78, 5) is 16.1. The van der Waals surface area contributed by atoms with Crippen LogP contribution in [0.5, 0.6) is 0 Å². The van der Waals surface area contributed by atoms with Crippen LogP contribution in [0, 0.1) is 11.6 Å². The Kier molecular flexibility index (Phi) is 3.99. The number of hydrogen-bond donors (Lipinski definition) is 2. The summed E-state index contributed by atoms with van der Waals surface area (Å²) in [5.41, 5.74) is 5.25. The second-order valence-electron chi connectivity index (χ2n) is 4.54. The fourth-order valence-electron chi connectivity index (χ4n) is 1.49. The molecular formula is C13H13F2N3OS. The Morgan fingerprint density at radius 3 is 2.45 bits per heavy atom. The lowest BCUT2D eigenvalue weighted by atomic mass is 10.1. The molecule has 7 heteroatoms. The number of rotatable bonds is 3. The van der Waals surface area contributed by atoms with Crippen molar-refractivity contribution in [3.05, 3.63) is 40.4 Å². The van der Waals surface area contributed by atoms with Crippen molar-refractivity contribution in [3.63, 3.8) is 0 Å². The van der Waals surface area contributed by atoms with Crippen molar-refractivity contribution in [1.82, 2.24) is 4.98 Å². The van der Waals surface area contributed by atoms with Crippen LogP contribution in [0.1, 0.15) is 35.8 Å². The minimum atomic E-state index is -0.961. The van der Waals surface area contributed by atoms with Gasteiger partial charge in [-0.15, -0.1) is 11.3 Å². The Hall–Kier alpha value is -2.02. The first-order chi connectivity index (χ1) is 9.38. The molecule has 1 aromatic heterocycles. The molecule has 0 bridgehead atoms. The summed E-state index contributed by atoms with van der Waals surface area (Å²) in [5.74, 6) is -2.31. The summed E-state index contributed by atoms with van der Waals surface area (Å²) >= 11 is 1.26. The van der Waals surface area contributed by atoms with Crippen LogP contribution in [-0.4, -0.2) is 10.9 Å². The summed E-state index contributed by atoms with van der Waals surface area (Å²) < 4.78 is 26.6. The average Bonchev–Trinajstić information content (AvgIpc) is 2.84. The first kappa shape index (κ1) is 14.4. The van der Waals surface area contributed by atoms with Gasteiger partial charge in [0.2, 0.25) is 0 Å². The van der Waals surface area contributed by atoms with E-state index in [0.29, 0.717) is 5.13 Å². The zero-order valence-electron chi connectivity index (χ0n) is 10.9. The van der Waals surface area contributed by atoms with E-state index in [9.17, 15) is 13.6 Å². The molecule has 106 valence electrons. The fourth-order valence-corrected chi connectivity index (χ4v) is 2.36. The first-order valence-electron chi connectivity index (χ1n) is 5.89. The van der Waals surface area contributed by atoms with Gasteiger partial charge in [-0.2, -0.15) is 0 Å². The lowest BCUT2D eigenvalue weighted by Gasteiger charge is -2.04. The number of anilines is 2. The normalized spacial score (nSPS) is 10.8. The van der Waals surface area contributed by atoms with Crippen molar-refractivity contribution < 1.29 is 13.6 Å². The van der Waals surface area contributed by atoms with Crippen molar-refractivity contribution in [2.45, 2.75) is 19.8 Å². The lowest BCUT2D eigenvalue weighted by Crippen LogP contribution is -2.13. The SMILES string of the molecule is CC(C)c1csc(NC(=O)c2cc(F)c(N)c(F)c2)n1. The van der Waals surface area contributed by atoms with E-state index in [1.54, 1.807) is 0 Å².